The van der Waals surface area contributed by atoms with Crippen molar-refractivity contribution in [2.45, 2.75) is 29.6 Å². The summed E-state index contributed by atoms with van der Waals surface area (Å²) in [6.45, 7) is 2.27. The van der Waals surface area contributed by atoms with Crippen LogP contribution in [0.3, 0.4) is 0 Å². The fourth-order valence-electron chi connectivity index (χ4n) is 4.00. The first-order valence-corrected chi connectivity index (χ1v) is 14.6. The lowest BCUT2D eigenvalue weighted by Crippen LogP contribution is -2.38. The molecule has 0 unspecified atom stereocenters. The normalized spacial score (nSPS) is 14.5. The number of amides is 1. The first-order chi connectivity index (χ1) is 17.1. The van der Waals surface area contributed by atoms with Gasteiger partial charge in [-0.05, 0) is 79.9 Å². The maximum atomic E-state index is 13.5. The Morgan fingerprint density at radius 1 is 0.889 bits per heavy atom. The number of nitrogens with zero attached hydrogens (tertiary/aromatic N) is 2. The highest BCUT2D eigenvalue weighted by Crippen LogP contribution is 2.28. The Morgan fingerprint density at radius 3 is 2.08 bits per heavy atom. The molecule has 1 fully saturated rings. The van der Waals surface area contributed by atoms with Crippen LogP contribution < -0.4 is 9.62 Å². The van der Waals surface area contributed by atoms with Gasteiger partial charge in [0, 0.05) is 23.8 Å². The molecule has 11 heteroatoms. The van der Waals surface area contributed by atoms with Crippen molar-refractivity contribution in [3.63, 3.8) is 0 Å². The molecule has 36 heavy (non-hydrogen) atoms. The fourth-order valence-corrected chi connectivity index (χ4v) is 7.12. The zero-order chi connectivity index (χ0) is 25.9. The summed E-state index contributed by atoms with van der Waals surface area (Å²) in [5, 5.41) is 3.06. The van der Waals surface area contributed by atoms with Crippen molar-refractivity contribution in [1.29, 1.82) is 0 Å². The highest BCUT2D eigenvalue weighted by Gasteiger charge is 2.29. The number of anilines is 2. The van der Waals surface area contributed by atoms with Crippen molar-refractivity contribution in [3.8, 4) is 0 Å². The molecule has 8 nitrogen and oxygen atoms in total. The molecule has 3 aromatic carbocycles. The Balaban J connectivity index is 1.56. The Labute approximate surface area is 216 Å². The fraction of sp³-hybridized carbons (Fsp3) is 0.240. The minimum absolute atomic E-state index is 0.000532. The van der Waals surface area contributed by atoms with Crippen LogP contribution in [0.15, 0.2) is 82.6 Å². The van der Waals surface area contributed by atoms with Gasteiger partial charge in [-0.1, -0.05) is 29.8 Å². The number of nitrogens with one attached hydrogen (secondary N) is 1. The predicted octanol–water partition coefficient (Wildman–Crippen LogP) is 4.27. The minimum atomic E-state index is -4.09. The molecule has 0 aliphatic carbocycles. The number of hydrogen-bond donors (Lipinski definition) is 1. The number of carbonyl (C=O) groups is 1. The Hall–Kier alpha value is -2.92. The third-order valence-corrected chi connectivity index (χ3v) is 9.85. The first-order valence-electron chi connectivity index (χ1n) is 11.3. The van der Waals surface area contributed by atoms with Gasteiger partial charge in [0.25, 0.3) is 10.0 Å². The topological polar surface area (TPSA) is 104 Å². The zero-order valence-corrected chi connectivity index (χ0v) is 22.0. The number of para-hydroxylation sites is 1. The van der Waals surface area contributed by atoms with E-state index < -0.39 is 32.5 Å². The Bertz CT molecular complexity index is 1450. The van der Waals surface area contributed by atoms with Gasteiger partial charge in [-0.15, -0.1) is 0 Å². The molecular weight excluding hydrogens is 522 g/mol. The van der Waals surface area contributed by atoms with Gasteiger partial charge in [-0.2, -0.15) is 4.31 Å². The number of benzene rings is 3. The summed E-state index contributed by atoms with van der Waals surface area (Å²) < 4.78 is 54.9. The summed E-state index contributed by atoms with van der Waals surface area (Å²) in [7, 11) is -7.66. The van der Waals surface area contributed by atoms with Gasteiger partial charge in [0.1, 0.15) is 6.54 Å². The molecule has 190 valence electrons. The van der Waals surface area contributed by atoms with E-state index in [9.17, 15) is 21.6 Å². The average molecular weight is 548 g/mol. The molecule has 0 aromatic heterocycles. The molecule has 0 saturated carbocycles. The van der Waals surface area contributed by atoms with Crippen LogP contribution in [0.5, 0.6) is 0 Å². The zero-order valence-electron chi connectivity index (χ0n) is 19.6. The third-order valence-electron chi connectivity index (χ3n) is 5.91. The van der Waals surface area contributed by atoms with Crippen LogP contribution in [-0.2, 0) is 24.8 Å². The first kappa shape index (κ1) is 26.2. The molecule has 1 amide bonds. The van der Waals surface area contributed by atoms with Gasteiger partial charge in [0.2, 0.25) is 15.9 Å². The maximum Gasteiger partial charge on any atom is 0.264 e. The van der Waals surface area contributed by atoms with Crippen LogP contribution >= 0.6 is 11.6 Å². The van der Waals surface area contributed by atoms with E-state index >= 15 is 0 Å². The van der Waals surface area contributed by atoms with Crippen molar-refractivity contribution >= 4 is 48.9 Å². The van der Waals surface area contributed by atoms with Crippen molar-refractivity contribution in [1.82, 2.24) is 4.31 Å². The van der Waals surface area contributed by atoms with E-state index in [1.807, 2.05) is 0 Å². The van der Waals surface area contributed by atoms with Gasteiger partial charge in [0.15, 0.2) is 0 Å². The Morgan fingerprint density at radius 2 is 1.47 bits per heavy atom. The van der Waals surface area contributed by atoms with Gasteiger partial charge < -0.3 is 5.32 Å². The SMILES string of the molecule is Cc1ccccc1N(CC(=O)Nc1ccc(S(=O)(=O)N2CCCC2)cc1)S(=O)(=O)c1ccc(Cl)cc1. The van der Waals surface area contributed by atoms with Crippen LogP contribution in [0.1, 0.15) is 18.4 Å². The number of hydrogen-bond acceptors (Lipinski definition) is 5. The smallest absolute Gasteiger partial charge is 0.264 e. The van der Waals surface area contributed by atoms with Crippen LogP contribution in [0.4, 0.5) is 11.4 Å². The molecule has 3 aromatic rings. The molecule has 1 aliphatic heterocycles. The Kier molecular flexibility index (Phi) is 7.70. The number of carbonyl (C=O) groups excluding carboxylic acids is 1. The number of sulfonamides is 2. The summed E-state index contributed by atoms with van der Waals surface area (Å²) in [6.07, 6.45) is 1.67. The molecule has 1 N–H and O–H groups in total. The molecule has 0 atom stereocenters. The molecule has 1 aliphatic rings. The maximum absolute atomic E-state index is 13.5. The highest BCUT2D eigenvalue weighted by molar-refractivity contribution is 7.92. The number of aryl methyl sites for hydroxylation is 1. The monoisotopic (exact) mass is 547 g/mol. The second-order valence-corrected chi connectivity index (χ2v) is 12.7. The van der Waals surface area contributed by atoms with Crippen molar-refractivity contribution in [2.24, 2.45) is 0 Å². The second-order valence-electron chi connectivity index (χ2n) is 8.44. The van der Waals surface area contributed by atoms with Crippen LogP contribution in [0.25, 0.3) is 0 Å². The largest absolute Gasteiger partial charge is 0.325 e. The lowest BCUT2D eigenvalue weighted by Gasteiger charge is -2.25. The van der Waals surface area contributed by atoms with Crippen LogP contribution in [0, 0.1) is 6.92 Å². The third kappa shape index (κ3) is 5.57. The van der Waals surface area contributed by atoms with Crippen LogP contribution in [-0.4, -0.2) is 46.7 Å². The molecule has 0 radical (unpaired) electrons. The van der Waals surface area contributed by atoms with Gasteiger partial charge in [0.05, 0.1) is 15.5 Å². The predicted molar refractivity (Wildman–Crippen MR) is 140 cm³/mol. The summed E-state index contributed by atoms with van der Waals surface area (Å²) in [4.78, 5) is 13.1. The summed E-state index contributed by atoms with van der Waals surface area (Å²) in [6, 6.07) is 18.5. The molecule has 1 saturated heterocycles. The van der Waals surface area contributed by atoms with Crippen LogP contribution in [0.2, 0.25) is 5.02 Å². The number of rotatable bonds is 8. The van der Waals surface area contributed by atoms with E-state index in [0.29, 0.717) is 35.1 Å². The van der Waals surface area contributed by atoms with E-state index in [1.54, 1.807) is 31.2 Å². The van der Waals surface area contributed by atoms with Crippen molar-refractivity contribution in [3.05, 3.63) is 83.4 Å². The van der Waals surface area contributed by atoms with Gasteiger partial charge in [-0.25, -0.2) is 16.8 Å². The van der Waals surface area contributed by atoms with E-state index in [2.05, 4.69) is 5.32 Å². The number of halogens is 1. The quantitative estimate of drug-likeness (QED) is 0.453. The standard InChI is InChI=1S/C25H26ClN3O5S2/c1-19-6-2-3-7-24(19)29(36(33,34)23-12-8-20(26)9-13-23)18-25(30)27-21-10-14-22(15-11-21)35(31,32)28-16-4-5-17-28/h2-3,6-15H,4-5,16-18H2,1H3,(H,27,30). The summed E-state index contributed by atoms with van der Waals surface area (Å²) in [5.41, 5.74) is 1.41. The van der Waals surface area contributed by atoms with Crippen molar-refractivity contribution < 1.29 is 21.6 Å². The molecular formula is C25H26ClN3O5S2. The van der Waals surface area contributed by atoms with Gasteiger partial charge in [-0.3, -0.25) is 9.10 Å². The minimum Gasteiger partial charge on any atom is -0.325 e. The molecule has 0 spiro atoms. The summed E-state index contributed by atoms with van der Waals surface area (Å²) >= 11 is 5.92. The highest BCUT2D eigenvalue weighted by atomic mass is 35.5. The van der Waals surface area contributed by atoms with Gasteiger partial charge >= 0.3 is 0 Å². The lowest BCUT2D eigenvalue weighted by atomic mass is 10.2. The van der Waals surface area contributed by atoms with E-state index in [1.165, 1.54) is 52.8 Å². The van der Waals surface area contributed by atoms with E-state index in [4.69, 9.17) is 11.6 Å². The average Bonchev–Trinajstić information content (AvgIpc) is 3.40. The van der Waals surface area contributed by atoms with E-state index in [0.717, 1.165) is 17.1 Å². The molecule has 4 rings (SSSR count). The summed E-state index contributed by atoms with van der Waals surface area (Å²) in [5.74, 6) is -0.578. The van der Waals surface area contributed by atoms with E-state index in [-0.39, 0.29) is 9.79 Å². The molecule has 1 heterocycles. The lowest BCUT2D eigenvalue weighted by molar-refractivity contribution is -0.114. The van der Waals surface area contributed by atoms with Crippen molar-refractivity contribution in [2.75, 3.05) is 29.3 Å². The second kappa shape index (κ2) is 10.6. The molecule has 0 bridgehead atoms.